The van der Waals surface area contributed by atoms with Crippen molar-refractivity contribution in [3.8, 4) is 0 Å². The van der Waals surface area contributed by atoms with E-state index in [4.69, 9.17) is 0 Å². The number of nitrogens with one attached hydrogen (secondary N) is 2. The Bertz CT molecular complexity index is 479. The Hall–Kier alpha value is -1.59. The summed E-state index contributed by atoms with van der Waals surface area (Å²) in [6.45, 7) is 9.11. The van der Waals surface area contributed by atoms with Gasteiger partial charge in [0, 0.05) is 38.5 Å². The highest BCUT2D eigenvalue weighted by molar-refractivity contribution is 5.80. The molecule has 0 bridgehead atoms. The molecular weight excluding hydrogens is 276 g/mol. The van der Waals surface area contributed by atoms with Crippen LogP contribution in [0, 0.1) is 0 Å². The third-order valence-corrected chi connectivity index (χ3v) is 4.13. The molecule has 1 aromatic rings. The van der Waals surface area contributed by atoms with Crippen LogP contribution in [0.2, 0.25) is 0 Å². The largest absolute Gasteiger partial charge is 0.357 e. The highest BCUT2D eigenvalue weighted by atomic mass is 15.3. The van der Waals surface area contributed by atoms with Gasteiger partial charge in [-0.1, -0.05) is 13.3 Å². The van der Waals surface area contributed by atoms with Crippen LogP contribution in [0.25, 0.3) is 0 Å². The molecule has 0 aliphatic carbocycles. The number of fused-ring (bicyclic) bond motifs is 1. The van der Waals surface area contributed by atoms with Crippen LogP contribution in [0.15, 0.2) is 4.99 Å². The van der Waals surface area contributed by atoms with Gasteiger partial charge < -0.3 is 15.2 Å². The topological polar surface area (TPSA) is 67.1 Å². The van der Waals surface area contributed by atoms with Gasteiger partial charge in [0.05, 0.1) is 0 Å². The molecule has 1 aliphatic heterocycles. The van der Waals surface area contributed by atoms with E-state index in [9.17, 15) is 0 Å². The standard InChI is InChI=1S/C16H30N6/c1-4-13(3)19-16(17-5-2)18-11-10-15-21-20-14-9-7-6-8-12-22(14)15/h13H,4-12H2,1-3H3,(H2,17,18,19). The van der Waals surface area contributed by atoms with Crippen LogP contribution in [0.3, 0.4) is 0 Å². The van der Waals surface area contributed by atoms with Crippen LogP contribution < -0.4 is 10.6 Å². The first-order chi connectivity index (χ1) is 10.7. The van der Waals surface area contributed by atoms with Crippen molar-refractivity contribution in [2.45, 2.75) is 71.9 Å². The van der Waals surface area contributed by atoms with Crippen LogP contribution in [0.4, 0.5) is 0 Å². The monoisotopic (exact) mass is 306 g/mol. The highest BCUT2D eigenvalue weighted by Gasteiger charge is 2.14. The smallest absolute Gasteiger partial charge is 0.191 e. The Morgan fingerprint density at radius 3 is 2.91 bits per heavy atom. The van der Waals surface area contributed by atoms with Crippen molar-refractivity contribution >= 4 is 5.96 Å². The first-order valence-corrected chi connectivity index (χ1v) is 8.70. The van der Waals surface area contributed by atoms with Gasteiger partial charge in [-0.3, -0.25) is 4.99 Å². The predicted octanol–water partition coefficient (Wildman–Crippen LogP) is 1.90. The first-order valence-electron chi connectivity index (χ1n) is 8.70. The van der Waals surface area contributed by atoms with Gasteiger partial charge >= 0.3 is 0 Å². The van der Waals surface area contributed by atoms with Gasteiger partial charge in [0.1, 0.15) is 11.6 Å². The summed E-state index contributed by atoms with van der Waals surface area (Å²) >= 11 is 0. The van der Waals surface area contributed by atoms with Gasteiger partial charge in [-0.2, -0.15) is 0 Å². The fraction of sp³-hybridized carbons (Fsp3) is 0.812. The lowest BCUT2D eigenvalue weighted by molar-refractivity contribution is 0.602. The second-order valence-electron chi connectivity index (χ2n) is 5.96. The maximum atomic E-state index is 4.66. The van der Waals surface area contributed by atoms with Crippen LogP contribution in [0.5, 0.6) is 0 Å². The zero-order valence-electron chi connectivity index (χ0n) is 14.2. The lowest BCUT2D eigenvalue weighted by Crippen LogP contribution is -2.42. The van der Waals surface area contributed by atoms with E-state index in [-0.39, 0.29) is 0 Å². The van der Waals surface area contributed by atoms with E-state index in [1.54, 1.807) is 0 Å². The summed E-state index contributed by atoms with van der Waals surface area (Å²) in [6, 6.07) is 0.433. The Labute approximate surface area is 133 Å². The summed E-state index contributed by atoms with van der Waals surface area (Å²) in [5, 5.41) is 15.4. The minimum absolute atomic E-state index is 0.433. The lowest BCUT2D eigenvalue weighted by atomic mass is 10.2. The molecule has 0 spiro atoms. The fourth-order valence-corrected chi connectivity index (χ4v) is 2.65. The third-order valence-electron chi connectivity index (χ3n) is 4.13. The van der Waals surface area contributed by atoms with Crippen molar-refractivity contribution < 1.29 is 0 Å². The van der Waals surface area contributed by atoms with Crippen molar-refractivity contribution in [3.05, 3.63) is 11.6 Å². The number of guanidine groups is 1. The summed E-state index contributed by atoms with van der Waals surface area (Å²) in [4.78, 5) is 4.66. The van der Waals surface area contributed by atoms with E-state index in [0.29, 0.717) is 6.04 Å². The number of aryl methyl sites for hydroxylation is 1. The second-order valence-corrected chi connectivity index (χ2v) is 5.96. The molecule has 2 rings (SSSR count). The molecule has 1 unspecified atom stereocenters. The van der Waals surface area contributed by atoms with Crippen molar-refractivity contribution in [1.29, 1.82) is 0 Å². The molecule has 0 saturated heterocycles. The number of nitrogens with zero attached hydrogens (tertiary/aromatic N) is 4. The molecule has 1 atom stereocenters. The molecule has 6 heteroatoms. The number of hydrogen-bond acceptors (Lipinski definition) is 3. The zero-order chi connectivity index (χ0) is 15.8. The maximum absolute atomic E-state index is 4.66. The predicted molar refractivity (Wildman–Crippen MR) is 90.1 cm³/mol. The van der Waals surface area contributed by atoms with E-state index in [2.05, 4.69) is 51.2 Å². The van der Waals surface area contributed by atoms with Crippen molar-refractivity contribution in [3.63, 3.8) is 0 Å². The highest BCUT2D eigenvalue weighted by Crippen LogP contribution is 2.14. The van der Waals surface area contributed by atoms with Gasteiger partial charge in [-0.05, 0) is 33.1 Å². The Balaban J connectivity index is 1.93. The molecule has 22 heavy (non-hydrogen) atoms. The van der Waals surface area contributed by atoms with Crippen LogP contribution in [0.1, 0.15) is 58.1 Å². The Kier molecular flexibility index (Phi) is 6.68. The van der Waals surface area contributed by atoms with Crippen molar-refractivity contribution in [1.82, 2.24) is 25.4 Å². The maximum Gasteiger partial charge on any atom is 0.191 e. The molecule has 6 nitrogen and oxygen atoms in total. The van der Waals surface area contributed by atoms with E-state index < -0.39 is 0 Å². The molecule has 1 aliphatic rings. The van der Waals surface area contributed by atoms with Crippen LogP contribution >= 0.6 is 0 Å². The van der Waals surface area contributed by atoms with E-state index in [1.807, 2.05) is 0 Å². The summed E-state index contributed by atoms with van der Waals surface area (Å²) in [7, 11) is 0. The molecule has 2 heterocycles. The second kappa shape index (κ2) is 8.76. The summed E-state index contributed by atoms with van der Waals surface area (Å²) in [5.41, 5.74) is 0. The van der Waals surface area contributed by atoms with E-state index >= 15 is 0 Å². The number of rotatable bonds is 6. The van der Waals surface area contributed by atoms with Gasteiger partial charge in [-0.15, -0.1) is 10.2 Å². The minimum Gasteiger partial charge on any atom is -0.357 e. The van der Waals surface area contributed by atoms with Crippen LogP contribution in [-0.4, -0.2) is 39.9 Å². The van der Waals surface area contributed by atoms with Gasteiger partial charge in [-0.25, -0.2) is 0 Å². The summed E-state index contributed by atoms with van der Waals surface area (Å²) < 4.78 is 2.30. The lowest BCUT2D eigenvalue weighted by Gasteiger charge is -2.16. The van der Waals surface area contributed by atoms with Crippen molar-refractivity contribution in [2.75, 3.05) is 13.1 Å². The average molecular weight is 306 g/mol. The fourth-order valence-electron chi connectivity index (χ4n) is 2.65. The molecule has 0 radical (unpaired) electrons. The third kappa shape index (κ3) is 4.71. The number of aliphatic imine (C=N–C) groups is 1. The van der Waals surface area contributed by atoms with Crippen LogP contribution in [-0.2, 0) is 19.4 Å². The minimum atomic E-state index is 0.433. The molecule has 124 valence electrons. The zero-order valence-corrected chi connectivity index (χ0v) is 14.2. The van der Waals surface area contributed by atoms with Crippen molar-refractivity contribution in [2.24, 2.45) is 4.99 Å². The van der Waals surface area contributed by atoms with Gasteiger partial charge in [0.2, 0.25) is 0 Å². The number of aromatic nitrogens is 3. The molecule has 0 fully saturated rings. The summed E-state index contributed by atoms with van der Waals surface area (Å²) in [6.07, 6.45) is 6.77. The van der Waals surface area contributed by atoms with E-state index in [0.717, 1.165) is 56.5 Å². The molecule has 2 N–H and O–H groups in total. The Morgan fingerprint density at radius 1 is 1.27 bits per heavy atom. The summed E-state index contributed by atoms with van der Waals surface area (Å²) in [5.74, 6) is 3.13. The number of hydrogen-bond donors (Lipinski definition) is 2. The molecule has 0 amide bonds. The van der Waals surface area contributed by atoms with Gasteiger partial charge in [0.15, 0.2) is 5.96 Å². The SMILES string of the molecule is CCNC(=NCCc1nnc2n1CCCCC2)NC(C)CC. The molecule has 0 saturated carbocycles. The molecular formula is C16H30N6. The van der Waals surface area contributed by atoms with Gasteiger partial charge in [0.25, 0.3) is 0 Å². The molecule has 1 aromatic heterocycles. The Morgan fingerprint density at radius 2 is 2.14 bits per heavy atom. The van der Waals surface area contributed by atoms with E-state index in [1.165, 1.54) is 19.3 Å². The first kappa shape index (κ1) is 16.8. The quantitative estimate of drug-likeness (QED) is 0.622. The normalized spacial score (nSPS) is 16.8. The average Bonchev–Trinajstić information content (AvgIpc) is 2.75. The molecule has 0 aromatic carbocycles.